The van der Waals surface area contributed by atoms with Gasteiger partial charge in [0.25, 0.3) is 0 Å². The zero-order valence-corrected chi connectivity index (χ0v) is 18.8. The molecule has 9 heteroatoms. The van der Waals surface area contributed by atoms with Crippen LogP contribution in [-0.2, 0) is 23.7 Å². The van der Waals surface area contributed by atoms with Crippen LogP contribution < -0.4 is 5.32 Å². The molecule has 6 atom stereocenters. The molecule has 4 rings (SSSR count). The van der Waals surface area contributed by atoms with Gasteiger partial charge in [-0.1, -0.05) is 11.6 Å². The molecule has 0 bridgehead atoms. The molecule has 1 aliphatic carbocycles. The third-order valence-corrected chi connectivity index (χ3v) is 7.13. The van der Waals surface area contributed by atoms with E-state index in [4.69, 9.17) is 24.1 Å². The number of ether oxygens (including phenoxy) is 4. The van der Waals surface area contributed by atoms with E-state index in [0.717, 1.165) is 12.8 Å². The van der Waals surface area contributed by atoms with E-state index in [1.165, 1.54) is 5.57 Å². The molecule has 4 fully saturated rings. The Balaban J connectivity index is 1.36. The number of carboxylic acid groups (broad SMARTS) is 1. The fourth-order valence-electron chi connectivity index (χ4n) is 5.39. The lowest BCUT2D eigenvalue weighted by molar-refractivity contribution is -0.139. The molecule has 31 heavy (non-hydrogen) atoms. The second kappa shape index (κ2) is 8.35. The van der Waals surface area contributed by atoms with Gasteiger partial charge in [-0.05, 0) is 40.0 Å². The number of rotatable bonds is 8. The summed E-state index contributed by atoms with van der Waals surface area (Å²) in [6.07, 6.45) is 3.44. The molecule has 4 aliphatic rings. The van der Waals surface area contributed by atoms with Crippen molar-refractivity contribution in [3.8, 4) is 0 Å². The number of carboxylic acids is 1. The number of hydrogen-bond acceptors (Lipinski definition) is 7. The highest BCUT2D eigenvalue weighted by atomic mass is 16.6. The summed E-state index contributed by atoms with van der Waals surface area (Å²) in [5.41, 5.74) is 0.641. The van der Waals surface area contributed by atoms with Crippen molar-refractivity contribution in [2.45, 2.75) is 75.6 Å². The first kappa shape index (κ1) is 22.5. The first-order valence-corrected chi connectivity index (χ1v) is 11.1. The molecule has 9 nitrogen and oxygen atoms in total. The molecule has 0 aromatic heterocycles. The summed E-state index contributed by atoms with van der Waals surface area (Å²) in [5.74, 6) is -0.881. The average Bonchev–Trinajstić information content (AvgIpc) is 3.57. The van der Waals surface area contributed by atoms with Crippen molar-refractivity contribution in [3.05, 3.63) is 11.6 Å². The van der Waals surface area contributed by atoms with E-state index in [1.54, 1.807) is 12.0 Å². The summed E-state index contributed by atoms with van der Waals surface area (Å²) in [5, 5.41) is 11.7. The fraction of sp³-hybridized carbons (Fsp3) is 0.818. The molecule has 1 amide bonds. The minimum absolute atomic E-state index is 0.0122. The molecule has 1 unspecified atom stereocenters. The third-order valence-electron chi connectivity index (χ3n) is 7.13. The SMILES string of the molecule is CO[C@@H]1[C@H](OC(=O)NC2CN(CC(=O)O)C2)CC[C@]2(CO2)[C@H]1[C@@]1(C)OC1CC=C(C)C. The van der Waals surface area contributed by atoms with Crippen LogP contribution >= 0.6 is 0 Å². The van der Waals surface area contributed by atoms with Gasteiger partial charge in [-0.25, -0.2) is 4.79 Å². The molecule has 1 saturated carbocycles. The molecule has 3 heterocycles. The number of nitrogens with one attached hydrogen (secondary N) is 1. The highest BCUT2D eigenvalue weighted by Gasteiger charge is 2.72. The van der Waals surface area contributed by atoms with Crippen molar-refractivity contribution in [1.29, 1.82) is 0 Å². The van der Waals surface area contributed by atoms with Crippen LogP contribution in [0.5, 0.6) is 0 Å². The van der Waals surface area contributed by atoms with Gasteiger partial charge in [0, 0.05) is 20.2 Å². The zero-order chi connectivity index (χ0) is 22.4. The van der Waals surface area contributed by atoms with Gasteiger partial charge in [0.2, 0.25) is 0 Å². The van der Waals surface area contributed by atoms with E-state index >= 15 is 0 Å². The molecule has 3 saturated heterocycles. The van der Waals surface area contributed by atoms with Crippen molar-refractivity contribution in [2.24, 2.45) is 5.92 Å². The van der Waals surface area contributed by atoms with Crippen LogP contribution in [0.15, 0.2) is 11.6 Å². The number of carbonyl (C=O) groups is 2. The van der Waals surface area contributed by atoms with Crippen LogP contribution in [0.2, 0.25) is 0 Å². The lowest BCUT2D eigenvalue weighted by Gasteiger charge is -2.43. The number of carbonyl (C=O) groups excluding carboxylic acids is 1. The molecular formula is C22H34N2O7. The highest BCUT2D eigenvalue weighted by molar-refractivity contribution is 5.70. The third kappa shape index (κ3) is 4.60. The number of methoxy groups -OCH3 is 1. The van der Waals surface area contributed by atoms with E-state index in [-0.39, 0.29) is 48.0 Å². The molecule has 3 aliphatic heterocycles. The standard InChI is InChI=1S/C22H34N2O7/c1-13(2)5-6-16-21(3,31-16)19-18(28-4)15(7-8-22(19)12-29-22)30-20(27)23-14-9-24(10-14)11-17(25)26/h5,14-16,18-19H,6-12H2,1-4H3,(H,23,27)(H,25,26)/t15-,16?,18-,19-,21+,22+/m1/s1. The average molecular weight is 439 g/mol. The van der Waals surface area contributed by atoms with Crippen molar-refractivity contribution in [1.82, 2.24) is 10.2 Å². The highest BCUT2D eigenvalue weighted by Crippen LogP contribution is 2.59. The molecule has 0 aromatic rings. The van der Waals surface area contributed by atoms with Crippen LogP contribution in [-0.4, -0.2) is 91.0 Å². The van der Waals surface area contributed by atoms with Gasteiger partial charge in [-0.3, -0.25) is 9.69 Å². The Hall–Kier alpha value is -1.68. The molecule has 0 radical (unpaired) electrons. The van der Waals surface area contributed by atoms with Crippen molar-refractivity contribution >= 4 is 12.1 Å². The Morgan fingerprint density at radius 3 is 2.61 bits per heavy atom. The topological polar surface area (TPSA) is 113 Å². The van der Waals surface area contributed by atoms with E-state index in [0.29, 0.717) is 26.1 Å². The van der Waals surface area contributed by atoms with E-state index in [1.807, 2.05) is 0 Å². The van der Waals surface area contributed by atoms with Crippen LogP contribution in [0.1, 0.15) is 40.0 Å². The maximum absolute atomic E-state index is 12.5. The molecule has 0 aromatic carbocycles. The predicted octanol–water partition coefficient (Wildman–Crippen LogP) is 1.56. The summed E-state index contributed by atoms with van der Waals surface area (Å²) in [6, 6.07) is -0.0944. The van der Waals surface area contributed by atoms with Crippen molar-refractivity contribution in [2.75, 3.05) is 33.4 Å². The van der Waals surface area contributed by atoms with E-state index in [9.17, 15) is 9.59 Å². The minimum Gasteiger partial charge on any atom is -0.480 e. The number of epoxide rings is 2. The summed E-state index contributed by atoms with van der Waals surface area (Å²) >= 11 is 0. The Bertz CT molecular complexity index is 742. The largest absolute Gasteiger partial charge is 0.480 e. The second-order valence-electron chi connectivity index (χ2n) is 9.75. The van der Waals surface area contributed by atoms with Crippen LogP contribution in [0.25, 0.3) is 0 Å². The van der Waals surface area contributed by atoms with Gasteiger partial charge in [0.1, 0.15) is 23.4 Å². The number of alkyl carbamates (subject to hydrolysis) is 1. The summed E-state index contributed by atoms with van der Waals surface area (Å²) in [7, 11) is 1.65. The van der Waals surface area contributed by atoms with Gasteiger partial charge >= 0.3 is 12.1 Å². The van der Waals surface area contributed by atoms with Gasteiger partial charge in [0.15, 0.2) is 0 Å². The minimum atomic E-state index is -0.868. The normalized spacial score (nSPS) is 39.5. The Labute approximate surface area is 183 Å². The first-order valence-electron chi connectivity index (χ1n) is 11.1. The van der Waals surface area contributed by atoms with Gasteiger partial charge in [-0.2, -0.15) is 0 Å². The summed E-state index contributed by atoms with van der Waals surface area (Å²) in [4.78, 5) is 25.0. The molecular weight excluding hydrogens is 404 g/mol. The number of allylic oxidation sites excluding steroid dienone is 1. The van der Waals surface area contributed by atoms with Crippen molar-refractivity contribution < 1.29 is 33.6 Å². The number of amides is 1. The van der Waals surface area contributed by atoms with Crippen molar-refractivity contribution in [3.63, 3.8) is 0 Å². The summed E-state index contributed by atoms with van der Waals surface area (Å²) < 4.78 is 23.8. The monoisotopic (exact) mass is 438 g/mol. The lowest BCUT2D eigenvalue weighted by Crippen LogP contribution is -2.61. The number of nitrogens with zero attached hydrogens (tertiary/aromatic N) is 1. The van der Waals surface area contributed by atoms with Crippen LogP contribution in [0.3, 0.4) is 0 Å². The smallest absolute Gasteiger partial charge is 0.407 e. The quantitative estimate of drug-likeness (QED) is 0.434. The second-order valence-corrected chi connectivity index (χ2v) is 9.75. The maximum atomic E-state index is 12.5. The van der Waals surface area contributed by atoms with Gasteiger partial charge in [0.05, 0.1) is 31.2 Å². The number of likely N-dealkylation sites (tertiary alicyclic amines) is 1. The predicted molar refractivity (Wildman–Crippen MR) is 111 cm³/mol. The first-order chi connectivity index (χ1) is 14.7. The van der Waals surface area contributed by atoms with Crippen LogP contribution in [0.4, 0.5) is 4.79 Å². The maximum Gasteiger partial charge on any atom is 0.407 e. The van der Waals surface area contributed by atoms with Gasteiger partial charge < -0.3 is 29.4 Å². The fourth-order valence-corrected chi connectivity index (χ4v) is 5.39. The molecule has 1 spiro atoms. The number of aliphatic carboxylic acids is 1. The molecule has 174 valence electrons. The van der Waals surface area contributed by atoms with Crippen LogP contribution in [0, 0.1) is 5.92 Å². The zero-order valence-electron chi connectivity index (χ0n) is 18.8. The van der Waals surface area contributed by atoms with E-state index in [2.05, 4.69) is 32.2 Å². The van der Waals surface area contributed by atoms with E-state index < -0.39 is 12.1 Å². The Morgan fingerprint density at radius 2 is 2.03 bits per heavy atom. The van der Waals surface area contributed by atoms with Gasteiger partial charge in [-0.15, -0.1) is 0 Å². The number of hydrogen-bond donors (Lipinski definition) is 2. The Kier molecular flexibility index (Phi) is 6.06. The lowest BCUT2D eigenvalue weighted by atomic mass is 9.68. The Morgan fingerprint density at radius 1 is 1.32 bits per heavy atom. The summed E-state index contributed by atoms with van der Waals surface area (Å²) in [6.45, 7) is 7.97. The molecule has 2 N–H and O–H groups in total.